The van der Waals surface area contributed by atoms with Gasteiger partial charge in [0.15, 0.2) is 0 Å². The number of carbonyl (C=O) groups excluding carboxylic acids is 1. The van der Waals surface area contributed by atoms with Gasteiger partial charge >= 0.3 is 0 Å². The van der Waals surface area contributed by atoms with E-state index in [0.717, 1.165) is 17.9 Å². The van der Waals surface area contributed by atoms with Crippen LogP contribution in [0.25, 0.3) is 0 Å². The van der Waals surface area contributed by atoms with Crippen molar-refractivity contribution in [1.82, 2.24) is 9.79 Å². The summed E-state index contributed by atoms with van der Waals surface area (Å²) < 4.78 is 26.4. The Kier molecular flexibility index (Phi) is 3.88. The third-order valence-electron chi connectivity index (χ3n) is 2.87. The first-order valence-corrected chi connectivity index (χ1v) is 7.37. The van der Waals surface area contributed by atoms with Crippen molar-refractivity contribution in [2.75, 3.05) is 14.2 Å². The van der Waals surface area contributed by atoms with Crippen molar-refractivity contribution < 1.29 is 18.0 Å². The molecule has 6 nitrogen and oxygen atoms in total. The Morgan fingerprint density at radius 1 is 1.32 bits per heavy atom. The lowest BCUT2D eigenvalue weighted by molar-refractivity contribution is -0.0757. The fourth-order valence-corrected chi connectivity index (χ4v) is 2.84. The molecule has 0 spiro atoms. The van der Waals surface area contributed by atoms with Crippen LogP contribution in [0.15, 0.2) is 29.2 Å². The summed E-state index contributed by atoms with van der Waals surface area (Å²) in [4.78, 5) is 16.7. The molecule has 2 rings (SSSR count). The summed E-state index contributed by atoms with van der Waals surface area (Å²) >= 11 is 0. The number of hydrogen-bond acceptors (Lipinski definition) is 4. The molecule has 19 heavy (non-hydrogen) atoms. The fourth-order valence-electron chi connectivity index (χ4n) is 1.53. The number of carbonyl (C=O) groups is 1. The zero-order valence-electron chi connectivity index (χ0n) is 10.8. The van der Waals surface area contributed by atoms with E-state index in [2.05, 4.69) is 4.72 Å². The van der Waals surface area contributed by atoms with Crippen molar-refractivity contribution in [3.63, 3.8) is 0 Å². The lowest BCUT2D eigenvalue weighted by Gasteiger charge is -2.13. The number of amides is 1. The van der Waals surface area contributed by atoms with Crippen LogP contribution in [0.4, 0.5) is 0 Å². The van der Waals surface area contributed by atoms with Crippen LogP contribution >= 0.6 is 0 Å². The van der Waals surface area contributed by atoms with Gasteiger partial charge in [0.25, 0.3) is 5.91 Å². The molecular formula is C12H16N2O4S. The summed E-state index contributed by atoms with van der Waals surface area (Å²) in [7, 11) is -0.599. The molecule has 1 fully saturated rings. The highest BCUT2D eigenvalue weighted by atomic mass is 32.2. The zero-order chi connectivity index (χ0) is 14.0. The Hall–Kier alpha value is -1.44. The van der Waals surface area contributed by atoms with Gasteiger partial charge in [-0.15, -0.1) is 0 Å². The Morgan fingerprint density at radius 2 is 1.89 bits per heavy atom. The monoisotopic (exact) mass is 284 g/mol. The van der Waals surface area contributed by atoms with Crippen molar-refractivity contribution in [2.24, 2.45) is 0 Å². The van der Waals surface area contributed by atoms with Crippen LogP contribution in [0.1, 0.15) is 23.2 Å². The van der Waals surface area contributed by atoms with Crippen molar-refractivity contribution >= 4 is 15.9 Å². The Labute approximate surface area is 112 Å². The van der Waals surface area contributed by atoms with Crippen LogP contribution in [0.5, 0.6) is 0 Å². The molecule has 1 amide bonds. The van der Waals surface area contributed by atoms with Crippen LogP contribution < -0.4 is 4.72 Å². The number of sulfonamides is 1. The largest absolute Gasteiger partial charge is 0.277 e. The molecule has 0 aromatic heterocycles. The second-order valence-electron chi connectivity index (χ2n) is 4.41. The number of hydrogen-bond donors (Lipinski definition) is 1. The highest BCUT2D eigenvalue weighted by molar-refractivity contribution is 7.89. The Morgan fingerprint density at radius 3 is 2.37 bits per heavy atom. The van der Waals surface area contributed by atoms with E-state index in [-0.39, 0.29) is 16.8 Å². The molecule has 1 aromatic rings. The Bertz CT molecular complexity index is 564. The van der Waals surface area contributed by atoms with E-state index >= 15 is 0 Å². The first kappa shape index (κ1) is 14.0. The van der Waals surface area contributed by atoms with Gasteiger partial charge in [-0.25, -0.2) is 18.2 Å². The lowest BCUT2D eigenvalue weighted by Crippen LogP contribution is -2.27. The van der Waals surface area contributed by atoms with Gasteiger partial charge in [-0.2, -0.15) is 0 Å². The maximum Gasteiger partial charge on any atom is 0.277 e. The van der Waals surface area contributed by atoms with E-state index in [1.807, 2.05) is 0 Å². The molecule has 0 saturated heterocycles. The molecule has 0 unspecified atom stereocenters. The quantitative estimate of drug-likeness (QED) is 0.810. The standard InChI is InChI=1S/C12H16N2O4S/c1-14(18-2)12(15)9-3-7-11(8-4-9)19(16,17)13-10-5-6-10/h3-4,7-8,10,13H,5-6H2,1-2H3. The highest BCUT2D eigenvalue weighted by Crippen LogP contribution is 2.22. The number of benzene rings is 1. The molecule has 0 aliphatic heterocycles. The summed E-state index contributed by atoms with van der Waals surface area (Å²) in [5, 5.41) is 1.08. The van der Waals surface area contributed by atoms with Crippen molar-refractivity contribution in [3.05, 3.63) is 29.8 Å². The number of nitrogens with one attached hydrogen (secondary N) is 1. The average molecular weight is 284 g/mol. The van der Waals surface area contributed by atoms with E-state index < -0.39 is 10.0 Å². The zero-order valence-corrected chi connectivity index (χ0v) is 11.6. The molecule has 7 heteroatoms. The van der Waals surface area contributed by atoms with Gasteiger partial charge in [-0.3, -0.25) is 9.63 Å². The lowest BCUT2D eigenvalue weighted by atomic mass is 10.2. The van der Waals surface area contributed by atoms with E-state index in [9.17, 15) is 13.2 Å². The van der Waals surface area contributed by atoms with Crippen LogP contribution in [-0.4, -0.2) is 39.6 Å². The molecule has 104 valence electrons. The van der Waals surface area contributed by atoms with Crippen LogP contribution in [0.2, 0.25) is 0 Å². The van der Waals surface area contributed by atoms with E-state index in [1.165, 1.54) is 38.4 Å². The van der Waals surface area contributed by atoms with Gasteiger partial charge in [0, 0.05) is 18.7 Å². The average Bonchev–Trinajstić information content (AvgIpc) is 3.20. The van der Waals surface area contributed by atoms with Gasteiger partial charge in [0.1, 0.15) is 0 Å². The minimum Gasteiger partial charge on any atom is -0.274 e. The van der Waals surface area contributed by atoms with E-state index in [1.54, 1.807) is 0 Å². The van der Waals surface area contributed by atoms with Gasteiger partial charge in [-0.1, -0.05) is 0 Å². The highest BCUT2D eigenvalue weighted by Gasteiger charge is 2.28. The normalized spacial score (nSPS) is 15.3. The molecule has 1 aromatic carbocycles. The summed E-state index contributed by atoms with van der Waals surface area (Å²) in [6, 6.07) is 5.84. The van der Waals surface area contributed by atoms with Crippen LogP contribution in [0.3, 0.4) is 0 Å². The second kappa shape index (κ2) is 5.28. The van der Waals surface area contributed by atoms with E-state index in [0.29, 0.717) is 5.56 Å². The molecule has 1 saturated carbocycles. The third-order valence-corrected chi connectivity index (χ3v) is 4.41. The molecule has 0 heterocycles. The third kappa shape index (κ3) is 3.31. The van der Waals surface area contributed by atoms with Gasteiger partial charge in [-0.05, 0) is 37.1 Å². The molecule has 1 aliphatic carbocycles. The van der Waals surface area contributed by atoms with Crippen molar-refractivity contribution in [2.45, 2.75) is 23.8 Å². The summed E-state index contributed by atoms with van der Waals surface area (Å²) in [6.07, 6.45) is 1.77. The minimum atomic E-state index is -3.47. The first-order valence-electron chi connectivity index (χ1n) is 5.88. The van der Waals surface area contributed by atoms with Crippen molar-refractivity contribution in [3.8, 4) is 0 Å². The second-order valence-corrected chi connectivity index (χ2v) is 6.12. The van der Waals surface area contributed by atoms with Gasteiger partial charge < -0.3 is 0 Å². The molecule has 0 bridgehead atoms. The number of rotatable bonds is 5. The van der Waals surface area contributed by atoms with Gasteiger partial charge in [0.2, 0.25) is 10.0 Å². The van der Waals surface area contributed by atoms with Crippen molar-refractivity contribution in [1.29, 1.82) is 0 Å². The summed E-state index contributed by atoms with van der Waals surface area (Å²) in [6.45, 7) is 0. The van der Waals surface area contributed by atoms with Gasteiger partial charge in [0.05, 0.1) is 12.0 Å². The topological polar surface area (TPSA) is 75.7 Å². The summed E-state index contributed by atoms with van der Waals surface area (Å²) in [5.41, 5.74) is 0.370. The number of hydroxylamine groups is 2. The fraction of sp³-hybridized carbons (Fsp3) is 0.417. The van der Waals surface area contributed by atoms with Crippen LogP contribution in [0, 0.1) is 0 Å². The van der Waals surface area contributed by atoms with E-state index in [4.69, 9.17) is 4.84 Å². The maximum absolute atomic E-state index is 11.9. The first-order chi connectivity index (χ1) is 8.94. The Balaban J connectivity index is 2.16. The predicted octanol–water partition coefficient (Wildman–Crippen LogP) is 0.761. The molecular weight excluding hydrogens is 268 g/mol. The summed E-state index contributed by atoms with van der Waals surface area (Å²) in [5.74, 6) is -0.332. The number of nitrogens with zero attached hydrogens (tertiary/aromatic N) is 1. The molecule has 0 atom stereocenters. The molecule has 0 radical (unpaired) electrons. The van der Waals surface area contributed by atoms with Crippen LogP contribution in [-0.2, 0) is 14.9 Å². The predicted molar refractivity (Wildman–Crippen MR) is 68.9 cm³/mol. The molecule has 1 N–H and O–H groups in total. The molecule has 1 aliphatic rings. The smallest absolute Gasteiger partial charge is 0.274 e. The maximum atomic E-state index is 11.9. The minimum absolute atomic E-state index is 0.0610. The SMILES string of the molecule is CON(C)C(=O)c1ccc(S(=O)(=O)NC2CC2)cc1.